The summed E-state index contributed by atoms with van der Waals surface area (Å²) < 4.78 is 0. The van der Waals surface area contributed by atoms with Crippen LogP contribution >= 0.6 is 0 Å². The summed E-state index contributed by atoms with van der Waals surface area (Å²) in [6.07, 6.45) is 5.63. The minimum atomic E-state index is -0.721. The van der Waals surface area contributed by atoms with Gasteiger partial charge in [-0.25, -0.2) is 4.79 Å². The Hall–Kier alpha value is -3.23. The highest BCUT2D eigenvalue weighted by molar-refractivity contribution is 5.93. The van der Waals surface area contributed by atoms with E-state index in [2.05, 4.69) is 9.97 Å². The number of amides is 2. The van der Waals surface area contributed by atoms with Crippen LogP contribution in [0.15, 0.2) is 40.2 Å². The summed E-state index contributed by atoms with van der Waals surface area (Å²) in [7, 11) is 0. The number of piperidine rings is 1. The fourth-order valence-electron chi connectivity index (χ4n) is 4.19. The van der Waals surface area contributed by atoms with Crippen molar-refractivity contribution in [1.29, 1.82) is 0 Å². The van der Waals surface area contributed by atoms with Gasteiger partial charge in [0.15, 0.2) is 0 Å². The van der Waals surface area contributed by atoms with Gasteiger partial charge in [0.1, 0.15) is 5.69 Å². The number of nitrogens with one attached hydrogen (secondary N) is 2. The van der Waals surface area contributed by atoms with E-state index in [0.717, 1.165) is 24.5 Å². The summed E-state index contributed by atoms with van der Waals surface area (Å²) in [5.74, 6) is -0.380. The molecule has 2 aromatic heterocycles. The van der Waals surface area contributed by atoms with Gasteiger partial charge < -0.3 is 14.8 Å². The van der Waals surface area contributed by atoms with E-state index in [9.17, 15) is 19.2 Å². The summed E-state index contributed by atoms with van der Waals surface area (Å²) in [6, 6.07) is 4.86. The predicted molar refractivity (Wildman–Crippen MR) is 99.5 cm³/mol. The quantitative estimate of drug-likeness (QED) is 0.780. The standard InChI is InChI=1S/C19H21N5O4/c25-15-9-14(21-18(28)22-15)16(26)24-8-5-19(12-24)4-2-7-23(17(19)27)11-13-3-1-6-20-10-13/h1,3,6,9-10H,2,4-5,7-8,11-12H2,(H2,21,22,25,28)/t19-/m0/s1. The first kappa shape index (κ1) is 18.1. The molecule has 2 aliphatic heterocycles. The molecule has 1 atom stereocenters. The van der Waals surface area contributed by atoms with Gasteiger partial charge >= 0.3 is 5.69 Å². The van der Waals surface area contributed by atoms with Crippen LogP contribution < -0.4 is 11.2 Å². The van der Waals surface area contributed by atoms with E-state index in [-0.39, 0.29) is 11.6 Å². The van der Waals surface area contributed by atoms with Crippen molar-refractivity contribution in [2.75, 3.05) is 19.6 Å². The van der Waals surface area contributed by atoms with E-state index in [1.165, 1.54) is 0 Å². The van der Waals surface area contributed by atoms with E-state index >= 15 is 0 Å². The van der Waals surface area contributed by atoms with Crippen LogP contribution in [-0.4, -0.2) is 56.2 Å². The molecule has 0 aliphatic carbocycles. The van der Waals surface area contributed by atoms with Crippen LogP contribution in [0.25, 0.3) is 0 Å². The number of carbonyl (C=O) groups is 2. The summed E-state index contributed by atoms with van der Waals surface area (Å²) in [4.78, 5) is 60.8. The second kappa shape index (κ2) is 7.06. The molecule has 9 heteroatoms. The normalized spacial score (nSPS) is 22.1. The number of hydrogen-bond acceptors (Lipinski definition) is 5. The van der Waals surface area contributed by atoms with E-state index in [1.807, 2.05) is 22.0 Å². The van der Waals surface area contributed by atoms with Crippen molar-refractivity contribution >= 4 is 11.8 Å². The van der Waals surface area contributed by atoms with Crippen molar-refractivity contribution in [3.63, 3.8) is 0 Å². The fraction of sp³-hybridized carbons (Fsp3) is 0.421. The Labute approximate surface area is 160 Å². The molecule has 2 aliphatic rings. The molecular formula is C19H21N5O4. The SMILES string of the molecule is O=C(c1cc(=O)[nH]c(=O)[nH]1)N1CC[C@@]2(CCCN(Cc3cccnc3)C2=O)C1. The maximum Gasteiger partial charge on any atom is 0.326 e. The van der Waals surface area contributed by atoms with Gasteiger partial charge in [-0.1, -0.05) is 6.07 Å². The highest BCUT2D eigenvalue weighted by Crippen LogP contribution is 2.40. The maximum absolute atomic E-state index is 13.2. The van der Waals surface area contributed by atoms with Gasteiger partial charge in [0, 0.05) is 44.6 Å². The van der Waals surface area contributed by atoms with E-state index in [1.54, 1.807) is 17.3 Å². The van der Waals surface area contributed by atoms with Gasteiger partial charge in [-0.2, -0.15) is 0 Å². The maximum atomic E-state index is 13.2. The first-order valence-electron chi connectivity index (χ1n) is 9.28. The molecule has 0 saturated carbocycles. The summed E-state index contributed by atoms with van der Waals surface area (Å²) in [5.41, 5.74) is -1.03. The van der Waals surface area contributed by atoms with Crippen molar-refractivity contribution < 1.29 is 9.59 Å². The summed E-state index contributed by atoms with van der Waals surface area (Å²) >= 11 is 0. The van der Waals surface area contributed by atoms with Gasteiger partial charge in [-0.05, 0) is 30.9 Å². The molecule has 2 amide bonds. The number of nitrogens with zero attached hydrogens (tertiary/aromatic N) is 3. The average Bonchev–Trinajstić information content (AvgIpc) is 3.10. The number of aromatic amines is 2. The van der Waals surface area contributed by atoms with E-state index in [4.69, 9.17) is 0 Å². The largest absolute Gasteiger partial charge is 0.338 e. The van der Waals surface area contributed by atoms with Crippen LogP contribution in [-0.2, 0) is 11.3 Å². The van der Waals surface area contributed by atoms with Crippen molar-refractivity contribution in [1.82, 2.24) is 24.8 Å². The third kappa shape index (κ3) is 3.35. The van der Waals surface area contributed by atoms with Gasteiger partial charge in [-0.15, -0.1) is 0 Å². The zero-order chi connectivity index (χ0) is 19.7. The minimum Gasteiger partial charge on any atom is -0.338 e. The number of hydrogen-bond donors (Lipinski definition) is 2. The lowest BCUT2D eigenvalue weighted by atomic mass is 9.78. The molecule has 9 nitrogen and oxygen atoms in total. The lowest BCUT2D eigenvalue weighted by molar-refractivity contribution is -0.146. The molecule has 2 aromatic rings. The zero-order valence-electron chi connectivity index (χ0n) is 15.3. The first-order valence-corrected chi connectivity index (χ1v) is 9.28. The van der Waals surface area contributed by atoms with E-state index < -0.39 is 22.6 Å². The molecule has 2 saturated heterocycles. The predicted octanol–water partition coefficient (Wildman–Crippen LogP) is 0.113. The molecule has 0 radical (unpaired) electrons. The summed E-state index contributed by atoms with van der Waals surface area (Å²) in [6.45, 7) is 1.90. The molecule has 0 unspecified atom stereocenters. The molecule has 4 rings (SSSR count). The number of H-pyrrole nitrogens is 2. The third-order valence-corrected chi connectivity index (χ3v) is 5.55. The number of carbonyl (C=O) groups excluding carboxylic acids is 2. The van der Waals surface area contributed by atoms with Crippen LogP contribution in [0.2, 0.25) is 0 Å². The molecule has 0 bridgehead atoms. The second-order valence-electron chi connectivity index (χ2n) is 7.45. The lowest BCUT2D eigenvalue weighted by Gasteiger charge is -2.39. The smallest absolute Gasteiger partial charge is 0.326 e. The van der Waals surface area contributed by atoms with Gasteiger partial charge in [0.2, 0.25) is 5.91 Å². The summed E-state index contributed by atoms with van der Waals surface area (Å²) in [5, 5.41) is 0. The van der Waals surface area contributed by atoms with Crippen molar-refractivity contribution in [2.45, 2.75) is 25.8 Å². The molecule has 2 fully saturated rings. The highest BCUT2D eigenvalue weighted by Gasteiger charge is 2.49. The number of aromatic nitrogens is 3. The zero-order valence-corrected chi connectivity index (χ0v) is 15.3. The molecule has 2 N–H and O–H groups in total. The Bertz CT molecular complexity index is 986. The third-order valence-electron chi connectivity index (χ3n) is 5.55. The van der Waals surface area contributed by atoms with Crippen molar-refractivity contribution in [3.8, 4) is 0 Å². The Morgan fingerprint density at radius 3 is 2.79 bits per heavy atom. The van der Waals surface area contributed by atoms with Gasteiger partial charge in [0.25, 0.3) is 11.5 Å². The fourth-order valence-corrected chi connectivity index (χ4v) is 4.19. The average molecular weight is 383 g/mol. The lowest BCUT2D eigenvalue weighted by Crippen LogP contribution is -2.50. The number of pyridine rings is 1. The van der Waals surface area contributed by atoms with Crippen LogP contribution in [0, 0.1) is 5.41 Å². The molecule has 0 aromatic carbocycles. The molecular weight excluding hydrogens is 362 g/mol. The van der Waals surface area contributed by atoms with Crippen LogP contribution in [0.3, 0.4) is 0 Å². The van der Waals surface area contributed by atoms with Gasteiger partial charge in [-0.3, -0.25) is 24.4 Å². The van der Waals surface area contributed by atoms with Crippen LogP contribution in [0.1, 0.15) is 35.3 Å². The molecule has 28 heavy (non-hydrogen) atoms. The topological polar surface area (TPSA) is 119 Å². The number of likely N-dealkylation sites (tertiary alicyclic amines) is 2. The molecule has 1 spiro atoms. The molecule has 146 valence electrons. The Morgan fingerprint density at radius 1 is 1.18 bits per heavy atom. The second-order valence-corrected chi connectivity index (χ2v) is 7.45. The highest BCUT2D eigenvalue weighted by atomic mass is 16.2. The van der Waals surface area contributed by atoms with Crippen molar-refractivity contribution in [2.24, 2.45) is 5.41 Å². The van der Waals surface area contributed by atoms with Crippen molar-refractivity contribution in [3.05, 3.63) is 62.7 Å². The Morgan fingerprint density at radius 2 is 2.04 bits per heavy atom. The Kier molecular flexibility index (Phi) is 4.58. The first-order chi connectivity index (χ1) is 13.5. The monoisotopic (exact) mass is 383 g/mol. The van der Waals surface area contributed by atoms with E-state index in [0.29, 0.717) is 32.6 Å². The van der Waals surface area contributed by atoms with Crippen LogP contribution in [0.4, 0.5) is 0 Å². The minimum absolute atomic E-state index is 0.0531. The molecule has 4 heterocycles. The Balaban J connectivity index is 1.51. The van der Waals surface area contributed by atoms with Gasteiger partial charge in [0.05, 0.1) is 5.41 Å². The van der Waals surface area contributed by atoms with Crippen LogP contribution in [0.5, 0.6) is 0 Å². The number of rotatable bonds is 3.